The third kappa shape index (κ3) is 9.16. The highest BCUT2D eigenvalue weighted by molar-refractivity contribution is 14.0. The van der Waals surface area contributed by atoms with Crippen molar-refractivity contribution in [2.45, 2.75) is 65.0 Å². The van der Waals surface area contributed by atoms with Crippen molar-refractivity contribution in [2.75, 3.05) is 13.6 Å². The average molecular weight is 410 g/mol. The monoisotopic (exact) mass is 410 g/mol. The molecule has 6 heteroatoms. The molecule has 3 N–H and O–H groups in total. The van der Waals surface area contributed by atoms with E-state index in [1.165, 1.54) is 25.7 Å². The lowest BCUT2D eigenvalue weighted by atomic mass is 9.87. The first-order chi connectivity index (χ1) is 9.51. The van der Waals surface area contributed by atoms with Gasteiger partial charge >= 0.3 is 0 Å². The molecule has 5 nitrogen and oxygen atoms in total. The van der Waals surface area contributed by atoms with Crippen LogP contribution in [0.2, 0.25) is 0 Å². The summed E-state index contributed by atoms with van der Waals surface area (Å²) in [7, 11) is 1.77. The lowest BCUT2D eigenvalue weighted by Crippen LogP contribution is -2.45. The Kier molecular flexibility index (Phi) is 10.8. The summed E-state index contributed by atoms with van der Waals surface area (Å²) in [5, 5.41) is 9.54. The van der Waals surface area contributed by atoms with E-state index in [0.717, 1.165) is 11.9 Å². The fourth-order valence-electron chi connectivity index (χ4n) is 2.48. The van der Waals surface area contributed by atoms with Crippen LogP contribution in [0.1, 0.15) is 52.9 Å². The van der Waals surface area contributed by atoms with Crippen molar-refractivity contribution in [1.82, 2.24) is 16.0 Å². The fourth-order valence-corrected chi connectivity index (χ4v) is 2.48. The molecule has 1 saturated carbocycles. The molecule has 1 aliphatic carbocycles. The van der Waals surface area contributed by atoms with Crippen molar-refractivity contribution in [3.05, 3.63) is 0 Å². The number of carbonyl (C=O) groups is 1. The summed E-state index contributed by atoms with van der Waals surface area (Å²) in [5.74, 6) is 1.74. The Balaban J connectivity index is 0.00000400. The molecule has 0 unspecified atom stereocenters. The first-order valence-electron chi connectivity index (χ1n) is 7.77. The predicted octanol–water partition coefficient (Wildman–Crippen LogP) is 2.26. The second kappa shape index (κ2) is 11.1. The summed E-state index contributed by atoms with van der Waals surface area (Å²) < 4.78 is 0. The Morgan fingerprint density at radius 3 is 2.38 bits per heavy atom. The van der Waals surface area contributed by atoms with Crippen LogP contribution in [0.15, 0.2) is 4.99 Å². The third-order valence-electron chi connectivity index (χ3n) is 3.67. The molecule has 0 atom stereocenters. The van der Waals surface area contributed by atoms with E-state index in [1.54, 1.807) is 7.05 Å². The summed E-state index contributed by atoms with van der Waals surface area (Å²) in [4.78, 5) is 15.8. The summed E-state index contributed by atoms with van der Waals surface area (Å²) in [5.41, 5.74) is 0. The zero-order valence-electron chi connectivity index (χ0n) is 13.7. The molecule has 124 valence electrons. The van der Waals surface area contributed by atoms with E-state index in [2.05, 4.69) is 27.9 Å². The standard InChI is InChI=1S/C15H30N4O.HI/c1-11(2)18-14(20)9-10-17-15(16-4)19-13-7-5-12(3)6-8-13;/h11-13H,5-10H2,1-4H3,(H,18,20)(H2,16,17,19);1H. The topological polar surface area (TPSA) is 65.5 Å². The van der Waals surface area contributed by atoms with Gasteiger partial charge in [-0.05, 0) is 45.4 Å². The number of hydrogen-bond acceptors (Lipinski definition) is 2. The fraction of sp³-hybridized carbons (Fsp3) is 0.867. The van der Waals surface area contributed by atoms with Crippen molar-refractivity contribution >= 4 is 35.8 Å². The van der Waals surface area contributed by atoms with E-state index >= 15 is 0 Å². The van der Waals surface area contributed by atoms with Crippen LogP contribution in [0.3, 0.4) is 0 Å². The SMILES string of the molecule is CN=C(NCCC(=O)NC(C)C)NC1CCC(C)CC1.I. The van der Waals surface area contributed by atoms with Gasteiger partial charge in [0.2, 0.25) is 5.91 Å². The molecule has 1 amide bonds. The van der Waals surface area contributed by atoms with Gasteiger partial charge in [-0.1, -0.05) is 6.92 Å². The minimum absolute atomic E-state index is 0. The molecule has 21 heavy (non-hydrogen) atoms. The van der Waals surface area contributed by atoms with Crippen molar-refractivity contribution in [1.29, 1.82) is 0 Å². The van der Waals surface area contributed by atoms with Gasteiger partial charge in [-0.25, -0.2) is 0 Å². The number of rotatable bonds is 5. The van der Waals surface area contributed by atoms with E-state index in [-0.39, 0.29) is 35.9 Å². The molecule has 0 spiro atoms. The third-order valence-corrected chi connectivity index (χ3v) is 3.67. The lowest BCUT2D eigenvalue weighted by molar-refractivity contribution is -0.121. The van der Waals surface area contributed by atoms with E-state index in [4.69, 9.17) is 0 Å². The number of carbonyl (C=O) groups excluding carboxylic acids is 1. The lowest BCUT2D eigenvalue weighted by Gasteiger charge is -2.28. The number of aliphatic imine (C=N–C) groups is 1. The normalized spacial score (nSPS) is 22.4. The van der Waals surface area contributed by atoms with Gasteiger partial charge in [0.1, 0.15) is 0 Å². The van der Waals surface area contributed by atoms with Crippen LogP contribution in [0.5, 0.6) is 0 Å². The van der Waals surface area contributed by atoms with Crippen molar-refractivity contribution in [2.24, 2.45) is 10.9 Å². The van der Waals surface area contributed by atoms with Gasteiger partial charge in [0.05, 0.1) is 0 Å². The molecule has 0 aromatic heterocycles. The summed E-state index contributed by atoms with van der Waals surface area (Å²) in [6, 6.07) is 0.714. The van der Waals surface area contributed by atoms with E-state index in [0.29, 0.717) is 19.0 Å². The second-order valence-corrected chi connectivity index (χ2v) is 6.07. The molecule has 0 heterocycles. The molecular weight excluding hydrogens is 379 g/mol. The van der Waals surface area contributed by atoms with E-state index in [1.807, 2.05) is 13.8 Å². The highest BCUT2D eigenvalue weighted by Crippen LogP contribution is 2.23. The maximum atomic E-state index is 11.5. The Morgan fingerprint density at radius 1 is 1.24 bits per heavy atom. The van der Waals surface area contributed by atoms with Crippen LogP contribution in [-0.2, 0) is 4.79 Å². The van der Waals surface area contributed by atoms with E-state index in [9.17, 15) is 4.79 Å². The molecule has 0 bridgehead atoms. The van der Waals surface area contributed by atoms with Gasteiger partial charge in [0, 0.05) is 32.1 Å². The molecule has 0 radical (unpaired) electrons. The van der Waals surface area contributed by atoms with Gasteiger partial charge in [-0.3, -0.25) is 9.79 Å². The Bertz CT molecular complexity index is 326. The van der Waals surface area contributed by atoms with Crippen molar-refractivity contribution in [3.8, 4) is 0 Å². The van der Waals surface area contributed by atoms with Gasteiger partial charge < -0.3 is 16.0 Å². The van der Waals surface area contributed by atoms with Crippen molar-refractivity contribution in [3.63, 3.8) is 0 Å². The number of nitrogens with one attached hydrogen (secondary N) is 3. The predicted molar refractivity (Wildman–Crippen MR) is 99.2 cm³/mol. The van der Waals surface area contributed by atoms with Crippen LogP contribution in [0.25, 0.3) is 0 Å². The summed E-state index contributed by atoms with van der Waals surface area (Å²) in [6.45, 7) is 6.86. The van der Waals surface area contributed by atoms with Crippen LogP contribution < -0.4 is 16.0 Å². The molecular formula is C15H31IN4O. The molecule has 0 saturated heterocycles. The number of halogens is 1. The van der Waals surface area contributed by atoms with Gasteiger partial charge in [0.15, 0.2) is 5.96 Å². The second-order valence-electron chi connectivity index (χ2n) is 6.07. The summed E-state index contributed by atoms with van der Waals surface area (Å²) in [6.07, 6.45) is 5.45. The van der Waals surface area contributed by atoms with Crippen LogP contribution in [-0.4, -0.2) is 37.5 Å². The molecule has 1 aliphatic rings. The number of hydrogen-bond donors (Lipinski definition) is 3. The molecule has 1 fully saturated rings. The minimum atomic E-state index is 0. The first kappa shape index (κ1) is 20.5. The Hall–Kier alpha value is -0.530. The highest BCUT2D eigenvalue weighted by atomic mass is 127. The molecule has 0 aliphatic heterocycles. The average Bonchev–Trinajstić information content (AvgIpc) is 2.39. The van der Waals surface area contributed by atoms with Crippen LogP contribution >= 0.6 is 24.0 Å². The summed E-state index contributed by atoms with van der Waals surface area (Å²) >= 11 is 0. The Morgan fingerprint density at radius 2 is 1.86 bits per heavy atom. The van der Waals surface area contributed by atoms with Gasteiger partial charge in [-0.2, -0.15) is 0 Å². The van der Waals surface area contributed by atoms with Crippen LogP contribution in [0.4, 0.5) is 0 Å². The number of guanidine groups is 1. The number of amides is 1. The zero-order valence-corrected chi connectivity index (χ0v) is 16.1. The molecule has 0 aromatic carbocycles. The largest absolute Gasteiger partial charge is 0.356 e. The quantitative estimate of drug-likeness (QED) is 0.370. The molecule has 1 rings (SSSR count). The zero-order chi connectivity index (χ0) is 15.0. The minimum Gasteiger partial charge on any atom is -0.356 e. The van der Waals surface area contributed by atoms with Gasteiger partial charge in [-0.15, -0.1) is 24.0 Å². The highest BCUT2D eigenvalue weighted by Gasteiger charge is 2.18. The molecule has 0 aromatic rings. The van der Waals surface area contributed by atoms with Crippen molar-refractivity contribution < 1.29 is 4.79 Å². The maximum absolute atomic E-state index is 11.5. The van der Waals surface area contributed by atoms with E-state index < -0.39 is 0 Å². The van der Waals surface area contributed by atoms with Crippen LogP contribution in [0, 0.1) is 5.92 Å². The smallest absolute Gasteiger partial charge is 0.221 e. The van der Waals surface area contributed by atoms with Gasteiger partial charge in [0.25, 0.3) is 0 Å². The Labute approximate surface area is 146 Å². The first-order valence-corrected chi connectivity index (χ1v) is 7.77. The maximum Gasteiger partial charge on any atom is 0.221 e. The number of nitrogens with zero attached hydrogens (tertiary/aromatic N) is 1.